The van der Waals surface area contributed by atoms with E-state index in [4.69, 9.17) is 27.6 Å². The van der Waals surface area contributed by atoms with Gasteiger partial charge in [-0.1, -0.05) is 29.3 Å². The van der Waals surface area contributed by atoms with Gasteiger partial charge in [0.05, 0.1) is 6.21 Å². The number of carbonyl (C=O) groups is 1. The maximum absolute atomic E-state index is 12.0. The lowest BCUT2D eigenvalue weighted by Crippen LogP contribution is -2.17. The maximum atomic E-state index is 12.0. The summed E-state index contributed by atoms with van der Waals surface area (Å²) in [5, 5.41) is 5.11. The number of nitrogens with one attached hydrogen (secondary N) is 1. The number of hydrogen-bond donors (Lipinski definition) is 1. The molecule has 2 aromatic carbocycles. The van der Waals surface area contributed by atoms with Crippen molar-refractivity contribution in [3.05, 3.63) is 81.5 Å². The van der Waals surface area contributed by atoms with Crippen molar-refractivity contribution < 1.29 is 9.21 Å². The summed E-state index contributed by atoms with van der Waals surface area (Å²) in [5.41, 5.74) is 4.70. The van der Waals surface area contributed by atoms with Crippen molar-refractivity contribution in [2.45, 2.75) is 6.92 Å². The Morgan fingerprint density at radius 2 is 1.84 bits per heavy atom. The smallest absolute Gasteiger partial charge is 0.271 e. The molecule has 0 aliphatic heterocycles. The Morgan fingerprint density at radius 3 is 2.56 bits per heavy atom. The third kappa shape index (κ3) is 4.29. The Kier molecular flexibility index (Phi) is 5.22. The predicted molar refractivity (Wildman–Crippen MR) is 100 cm³/mol. The number of nitrogens with zero attached hydrogens (tertiary/aromatic N) is 1. The first-order valence-corrected chi connectivity index (χ1v) is 8.24. The molecule has 25 heavy (non-hydrogen) atoms. The Balaban J connectivity index is 1.65. The highest BCUT2D eigenvalue weighted by molar-refractivity contribution is 6.31. The first kappa shape index (κ1) is 17.3. The highest BCUT2D eigenvalue weighted by Crippen LogP contribution is 2.23. The molecule has 0 radical (unpaired) electrons. The lowest BCUT2D eigenvalue weighted by Gasteiger charge is -2.02. The van der Waals surface area contributed by atoms with Crippen molar-refractivity contribution in [2.24, 2.45) is 5.10 Å². The molecular formula is C19H14Cl2N2O2. The Morgan fingerprint density at radius 1 is 1.08 bits per heavy atom. The van der Waals surface area contributed by atoms with Gasteiger partial charge < -0.3 is 4.42 Å². The van der Waals surface area contributed by atoms with Crippen LogP contribution in [0.15, 0.2) is 64.1 Å². The average Bonchev–Trinajstić information content (AvgIpc) is 3.06. The number of hydrazone groups is 1. The highest BCUT2D eigenvalue weighted by Gasteiger charge is 2.07. The van der Waals surface area contributed by atoms with Crippen LogP contribution in [-0.4, -0.2) is 12.1 Å². The minimum absolute atomic E-state index is 0.345. The minimum atomic E-state index is -0.345. The van der Waals surface area contributed by atoms with Crippen molar-refractivity contribution in [2.75, 3.05) is 0 Å². The second-order valence-corrected chi connectivity index (χ2v) is 6.22. The van der Waals surface area contributed by atoms with E-state index in [1.165, 1.54) is 6.21 Å². The van der Waals surface area contributed by atoms with Gasteiger partial charge in [0.1, 0.15) is 11.5 Å². The van der Waals surface area contributed by atoms with E-state index in [0.717, 1.165) is 11.1 Å². The number of rotatable bonds is 4. The third-order valence-corrected chi connectivity index (χ3v) is 4.21. The lowest BCUT2D eigenvalue weighted by molar-refractivity contribution is 0.0955. The van der Waals surface area contributed by atoms with Crippen LogP contribution in [0.3, 0.4) is 0 Å². The molecule has 1 aromatic heterocycles. The number of furan rings is 1. The van der Waals surface area contributed by atoms with E-state index >= 15 is 0 Å². The minimum Gasteiger partial charge on any atom is -0.455 e. The van der Waals surface area contributed by atoms with Crippen LogP contribution in [0.5, 0.6) is 0 Å². The second-order valence-electron chi connectivity index (χ2n) is 5.37. The standard InChI is InChI=1S/C19H14Cl2N2O2/c1-12-2-3-14(10-17(12)21)19(24)23-22-11-16-8-9-18(25-16)13-4-6-15(20)7-5-13/h2-11H,1H3,(H,23,24)/b22-11-. The van der Waals surface area contributed by atoms with E-state index in [1.54, 1.807) is 36.4 Å². The summed E-state index contributed by atoms with van der Waals surface area (Å²) in [6.45, 7) is 1.87. The van der Waals surface area contributed by atoms with Crippen LogP contribution < -0.4 is 5.43 Å². The summed E-state index contributed by atoms with van der Waals surface area (Å²) >= 11 is 11.9. The van der Waals surface area contributed by atoms with Gasteiger partial charge in [-0.25, -0.2) is 5.43 Å². The van der Waals surface area contributed by atoms with Gasteiger partial charge in [0.25, 0.3) is 5.91 Å². The van der Waals surface area contributed by atoms with E-state index in [2.05, 4.69) is 10.5 Å². The topological polar surface area (TPSA) is 54.6 Å². The van der Waals surface area contributed by atoms with Gasteiger partial charge in [0, 0.05) is 21.2 Å². The number of benzene rings is 2. The molecule has 0 fully saturated rings. The molecule has 0 saturated carbocycles. The molecule has 6 heteroatoms. The van der Waals surface area contributed by atoms with Crippen molar-refractivity contribution in [1.29, 1.82) is 0 Å². The zero-order chi connectivity index (χ0) is 17.8. The van der Waals surface area contributed by atoms with Crippen molar-refractivity contribution >= 4 is 35.3 Å². The summed E-state index contributed by atoms with van der Waals surface area (Å²) in [5.74, 6) is 0.865. The predicted octanol–water partition coefficient (Wildman–Crippen LogP) is 5.33. The molecule has 0 atom stereocenters. The van der Waals surface area contributed by atoms with Gasteiger partial charge in [-0.2, -0.15) is 5.10 Å². The van der Waals surface area contributed by atoms with Gasteiger partial charge in [-0.15, -0.1) is 0 Å². The Labute approximate surface area is 155 Å². The molecule has 1 heterocycles. The molecule has 3 aromatic rings. The van der Waals surface area contributed by atoms with Crippen LogP contribution in [-0.2, 0) is 0 Å². The number of aryl methyl sites for hydroxylation is 1. The largest absolute Gasteiger partial charge is 0.455 e. The fourth-order valence-electron chi connectivity index (χ4n) is 2.14. The summed E-state index contributed by atoms with van der Waals surface area (Å²) in [6, 6.07) is 16.0. The molecule has 0 saturated heterocycles. The summed E-state index contributed by atoms with van der Waals surface area (Å²) in [4.78, 5) is 12.0. The van der Waals surface area contributed by atoms with Crippen LogP contribution in [0.4, 0.5) is 0 Å². The van der Waals surface area contributed by atoms with Crippen LogP contribution in [0.25, 0.3) is 11.3 Å². The molecule has 1 N–H and O–H groups in total. The van der Waals surface area contributed by atoms with Crippen molar-refractivity contribution in [1.82, 2.24) is 5.43 Å². The van der Waals surface area contributed by atoms with Gasteiger partial charge >= 0.3 is 0 Å². The molecule has 126 valence electrons. The van der Waals surface area contributed by atoms with E-state index in [9.17, 15) is 4.79 Å². The van der Waals surface area contributed by atoms with Crippen LogP contribution >= 0.6 is 23.2 Å². The van der Waals surface area contributed by atoms with Crippen molar-refractivity contribution in [3.8, 4) is 11.3 Å². The normalized spacial score (nSPS) is 11.0. The third-order valence-electron chi connectivity index (χ3n) is 3.55. The molecule has 0 unspecified atom stereocenters. The van der Waals surface area contributed by atoms with E-state index in [1.807, 2.05) is 25.1 Å². The van der Waals surface area contributed by atoms with E-state index in [-0.39, 0.29) is 5.91 Å². The SMILES string of the molecule is Cc1ccc(C(=O)N/N=C\c2ccc(-c3ccc(Cl)cc3)o2)cc1Cl. The van der Waals surface area contributed by atoms with E-state index in [0.29, 0.717) is 27.1 Å². The number of amides is 1. The fraction of sp³-hybridized carbons (Fsp3) is 0.0526. The second kappa shape index (κ2) is 7.55. The van der Waals surface area contributed by atoms with Crippen LogP contribution in [0, 0.1) is 6.92 Å². The summed E-state index contributed by atoms with van der Waals surface area (Å²) in [6.07, 6.45) is 1.44. The van der Waals surface area contributed by atoms with Crippen molar-refractivity contribution in [3.63, 3.8) is 0 Å². The zero-order valence-electron chi connectivity index (χ0n) is 13.3. The quantitative estimate of drug-likeness (QED) is 0.497. The molecule has 0 spiro atoms. The number of halogens is 2. The molecule has 0 aliphatic rings. The summed E-state index contributed by atoms with van der Waals surface area (Å²) in [7, 11) is 0. The van der Waals surface area contributed by atoms with Crippen LogP contribution in [0.1, 0.15) is 21.7 Å². The van der Waals surface area contributed by atoms with Crippen LogP contribution in [0.2, 0.25) is 10.0 Å². The fourth-order valence-corrected chi connectivity index (χ4v) is 2.45. The number of carbonyl (C=O) groups excluding carboxylic acids is 1. The lowest BCUT2D eigenvalue weighted by atomic mass is 10.1. The van der Waals surface area contributed by atoms with Gasteiger partial charge in [-0.3, -0.25) is 4.79 Å². The molecule has 0 bridgehead atoms. The van der Waals surface area contributed by atoms with Gasteiger partial charge in [0.15, 0.2) is 0 Å². The molecule has 4 nitrogen and oxygen atoms in total. The van der Waals surface area contributed by atoms with Gasteiger partial charge in [0.2, 0.25) is 0 Å². The summed E-state index contributed by atoms with van der Waals surface area (Å²) < 4.78 is 5.67. The molecule has 1 amide bonds. The Hall–Kier alpha value is -2.56. The number of hydrogen-bond acceptors (Lipinski definition) is 3. The molecule has 3 rings (SSSR count). The monoisotopic (exact) mass is 372 g/mol. The highest BCUT2D eigenvalue weighted by atomic mass is 35.5. The maximum Gasteiger partial charge on any atom is 0.271 e. The molecule has 0 aliphatic carbocycles. The Bertz CT molecular complexity index is 931. The first-order valence-electron chi connectivity index (χ1n) is 7.48. The van der Waals surface area contributed by atoms with E-state index < -0.39 is 0 Å². The molecular weight excluding hydrogens is 359 g/mol. The first-order chi connectivity index (χ1) is 12.0. The van der Waals surface area contributed by atoms with Gasteiger partial charge in [-0.05, 0) is 61.0 Å². The average molecular weight is 373 g/mol. The zero-order valence-corrected chi connectivity index (χ0v) is 14.8.